The number of benzene rings is 2. The molecule has 11 heteroatoms. The summed E-state index contributed by atoms with van der Waals surface area (Å²) in [5, 5.41) is 17.2. The molecule has 0 radical (unpaired) electrons. The number of nitrogens with one attached hydrogen (secondary N) is 1. The molecule has 2 N–H and O–H groups in total. The average molecular weight is 391 g/mol. The summed E-state index contributed by atoms with van der Waals surface area (Å²) in [5.74, 6) is -0.367. The normalized spacial score (nSPS) is 11.9. The molecule has 0 unspecified atom stereocenters. The molecule has 0 saturated heterocycles. The smallest absolute Gasteiger partial charge is 0.296 e. The fourth-order valence-corrected chi connectivity index (χ4v) is 2.83. The summed E-state index contributed by atoms with van der Waals surface area (Å²) in [6.07, 6.45) is 0. The van der Waals surface area contributed by atoms with Crippen LogP contribution in [0.3, 0.4) is 0 Å². The van der Waals surface area contributed by atoms with Crippen LogP contribution in [-0.4, -0.2) is 40.1 Å². The van der Waals surface area contributed by atoms with Crippen LogP contribution in [0.2, 0.25) is 0 Å². The van der Waals surface area contributed by atoms with Crippen molar-refractivity contribution in [1.29, 1.82) is 0 Å². The molecule has 0 spiro atoms. The van der Waals surface area contributed by atoms with Crippen LogP contribution >= 0.6 is 0 Å². The molecule has 0 aliphatic heterocycles. The largest absolute Gasteiger partial charge is 0.494 e. The maximum absolute atomic E-state index is 12.4. The molecule has 2 rings (SSSR count). The van der Waals surface area contributed by atoms with Gasteiger partial charge in [0.15, 0.2) is 0 Å². The monoisotopic (exact) mass is 391 g/mol. The van der Waals surface area contributed by atoms with Crippen molar-refractivity contribution in [3.8, 4) is 5.75 Å². The quantitative estimate of drug-likeness (QED) is 0.571. The van der Waals surface area contributed by atoms with Crippen LogP contribution in [-0.2, 0) is 10.1 Å². The van der Waals surface area contributed by atoms with Crippen molar-refractivity contribution in [2.24, 2.45) is 20.5 Å². The zero-order valence-corrected chi connectivity index (χ0v) is 15.6. The van der Waals surface area contributed by atoms with Crippen molar-refractivity contribution in [2.75, 3.05) is 26.5 Å². The third kappa shape index (κ3) is 4.92. The van der Waals surface area contributed by atoms with Crippen LogP contribution in [0.5, 0.6) is 5.75 Å². The molecule has 27 heavy (non-hydrogen) atoms. The van der Waals surface area contributed by atoms with E-state index in [1.807, 2.05) is 0 Å². The number of methoxy groups -OCH3 is 1. The van der Waals surface area contributed by atoms with E-state index in [1.54, 1.807) is 12.1 Å². The zero-order chi connectivity index (χ0) is 20.0. The molecule has 10 nitrogen and oxygen atoms in total. The van der Waals surface area contributed by atoms with E-state index in [0.29, 0.717) is 11.3 Å². The van der Waals surface area contributed by atoms with Crippen LogP contribution in [0.15, 0.2) is 61.8 Å². The van der Waals surface area contributed by atoms with Gasteiger partial charge in [0.05, 0.1) is 18.5 Å². The number of hydrogen-bond acceptors (Lipinski definition) is 8. The Labute approximate surface area is 155 Å². The Kier molecular flexibility index (Phi) is 6.32. The molecule has 0 aromatic heterocycles. The number of hydrogen-bond donors (Lipinski definition) is 2. The zero-order valence-electron chi connectivity index (χ0n) is 14.7. The van der Waals surface area contributed by atoms with Crippen LogP contribution in [0, 0.1) is 0 Å². The number of nitrogens with zero attached hydrogens (tertiary/aromatic N) is 4. The van der Waals surface area contributed by atoms with Gasteiger partial charge in [-0.2, -0.15) is 28.9 Å². The number of ether oxygens (including phenoxy) is 1. The number of anilines is 1. The van der Waals surface area contributed by atoms with Crippen molar-refractivity contribution in [3.63, 3.8) is 0 Å². The lowest BCUT2D eigenvalue weighted by atomic mass is 10.2. The standard InChI is InChI=1S/C16H17N5O5S/c1-17-20-11-6-4-10(5-7-11)16(22)19-12-9-15(27(23,24)25)13(21-18-2)8-14(12)26-3/h4-9H,1-3H3,(H,19,22)(H,23,24,25)/b20-17+,21-18+. The molecule has 2 aromatic carbocycles. The second-order valence-electron chi connectivity index (χ2n) is 5.10. The minimum absolute atomic E-state index is 0.0440. The number of carbonyl (C=O) groups is 1. The first-order valence-corrected chi connectivity index (χ1v) is 8.94. The first-order valence-electron chi connectivity index (χ1n) is 7.50. The van der Waals surface area contributed by atoms with E-state index in [9.17, 15) is 17.8 Å². The van der Waals surface area contributed by atoms with Gasteiger partial charge in [0.25, 0.3) is 16.0 Å². The first-order chi connectivity index (χ1) is 12.8. The molecule has 0 saturated carbocycles. The lowest BCUT2D eigenvalue weighted by molar-refractivity contribution is 0.102. The molecule has 2 aromatic rings. The van der Waals surface area contributed by atoms with Gasteiger partial charge in [-0.15, -0.1) is 0 Å². The highest BCUT2D eigenvalue weighted by molar-refractivity contribution is 7.86. The fourth-order valence-electron chi connectivity index (χ4n) is 2.20. The van der Waals surface area contributed by atoms with Gasteiger partial charge in [0.1, 0.15) is 16.3 Å². The molecule has 0 aliphatic rings. The predicted octanol–water partition coefficient (Wildman–Crippen LogP) is 3.62. The average Bonchev–Trinajstić information content (AvgIpc) is 2.62. The number of rotatable bonds is 6. The van der Waals surface area contributed by atoms with Crippen molar-refractivity contribution < 1.29 is 22.5 Å². The van der Waals surface area contributed by atoms with E-state index in [4.69, 9.17) is 4.74 Å². The maximum Gasteiger partial charge on any atom is 0.296 e. The highest BCUT2D eigenvalue weighted by Crippen LogP contribution is 2.36. The summed E-state index contributed by atoms with van der Waals surface area (Å²) in [4.78, 5) is 11.9. The Hall–Kier alpha value is -3.18. The third-order valence-electron chi connectivity index (χ3n) is 3.36. The Morgan fingerprint density at radius 2 is 1.70 bits per heavy atom. The minimum Gasteiger partial charge on any atom is -0.494 e. The van der Waals surface area contributed by atoms with Crippen molar-refractivity contribution >= 4 is 33.1 Å². The summed E-state index contributed by atoms with van der Waals surface area (Å²) >= 11 is 0. The SMILES string of the molecule is C/N=N/c1ccc(C(=O)Nc2cc(S(=O)(=O)O)c(/N=N/C)cc2OC)cc1. The van der Waals surface area contributed by atoms with Crippen LogP contribution < -0.4 is 10.1 Å². The van der Waals surface area contributed by atoms with Crippen LogP contribution in [0.1, 0.15) is 10.4 Å². The molecule has 0 bridgehead atoms. The molecule has 0 aliphatic carbocycles. The number of carbonyl (C=O) groups excluding carboxylic acids is 1. The van der Waals surface area contributed by atoms with Crippen molar-refractivity contribution in [2.45, 2.75) is 4.90 Å². The molecule has 0 atom stereocenters. The van der Waals surface area contributed by atoms with Gasteiger partial charge < -0.3 is 10.1 Å². The van der Waals surface area contributed by atoms with E-state index in [0.717, 1.165) is 6.07 Å². The van der Waals surface area contributed by atoms with Crippen molar-refractivity contribution in [1.82, 2.24) is 0 Å². The van der Waals surface area contributed by atoms with Gasteiger partial charge in [0.2, 0.25) is 0 Å². The lowest BCUT2D eigenvalue weighted by Gasteiger charge is -2.13. The molecular weight excluding hydrogens is 374 g/mol. The highest BCUT2D eigenvalue weighted by Gasteiger charge is 2.21. The Balaban J connectivity index is 2.43. The Bertz CT molecular complexity index is 1000. The van der Waals surface area contributed by atoms with E-state index >= 15 is 0 Å². The van der Waals surface area contributed by atoms with E-state index in [-0.39, 0.29) is 17.1 Å². The number of amides is 1. The predicted molar refractivity (Wildman–Crippen MR) is 98.1 cm³/mol. The summed E-state index contributed by atoms with van der Waals surface area (Å²) in [7, 11) is -0.382. The fraction of sp³-hybridized carbons (Fsp3) is 0.188. The van der Waals surface area contributed by atoms with Crippen LogP contribution in [0.25, 0.3) is 0 Å². The summed E-state index contributed by atoms with van der Waals surface area (Å²) in [6.45, 7) is 0. The summed E-state index contributed by atoms with van der Waals surface area (Å²) in [5.41, 5.74) is 0.805. The topological polar surface area (TPSA) is 142 Å². The Morgan fingerprint density at radius 3 is 2.22 bits per heavy atom. The number of azo groups is 2. The lowest BCUT2D eigenvalue weighted by Crippen LogP contribution is -2.13. The van der Waals surface area contributed by atoms with E-state index in [2.05, 4.69) is 25.8 Å². The van der Waals surface area contributed by atoms with Crippen LogP contribution in [0.4, 0.5) is 17.1 Å². The molecular formula is C16H17N5O5S. The van der Waals surface area contributed by atoms with Gasteiger partial charge >= 0.3 is 0 Å². The van der Waals surface area contributed by atoms with E-state index in [1.165, 1.54) is 39.4 Å². The molecule has 1 amide bonds. The van der Waals surface area contributed by atoms with Gasteiger partial charge in [-0.25, -0.2) is 0 Å². The summed E-state index contributed by atoms with van der Waals surface area (Å²) in [6, 6.07) is 8.58. The molecule has 0 fully saturated rings. The first kappa shape index (κ1) is 20.1. The molecule has 0 heterocycles. The summed E-state index contributed by atoms with van der Waals surface area (Å²) < 4.78 is 37.8. The maximum atomic E-state index is 12.4. The third-order valence-corrected chi connectivity index (χ3v) is 4.24. The minimum atomic E-state index is -4.60. The van der Waals surface area contributed by atoms with Gasteiger partial charge in [-0.3, -0.25) is 9.35 Å². The second-order valence-corrected chi connectivity index (χ2v) is 6.49. The van der Waals surface area contributed by atoms with Gasteiger partial charge in [-0.1, -0.05) is 0 Å². The highest BCUT2D eigenvalue weighted by atomic mass is 32.2. The van der Waals surface area contributed by atoms with Gasteiger partial charge in [-0.05, 0) is 30.3 Å². The molecule has 142 valence electrons. The van der Waals surface area contributed by atoms with Gasteiger partial charge in [0, 0.05) is 25.7 Å². The second kappa shape index (κ2) is 8.47. The van der Waals surface area contributed by atoms with E-state index < -0.39 is 20.9 Å². The Morgan fingerprint density at radius 1 is 1.07 bits per heavy atom. The van der Waals surface area contributed by atoms with Crippen molar-refractivity contribution in [3.05, 3.63) is 42.0 Å².